The molecule has 4 heteroatoms. The fourth-order valence-electron chi connectivity index (χ4n) is 2.24. The average Bonchev–Trinajstić information content (AvgIpc) is 2.76. The normalized spacial score (nSPS) is 10.9. The second-order valence-electron chi connectivity index (χ2n) is 4.16. The van der Waals surface area contributed by atoms with Gasteiger partial charge in [-0.05, 0) is 6.42 Å². The number of furan rings is 1. The fraction of sp³-hybridized carbons (Fsp3) is 0.429. The van der Waals surface area contributed by atoms with Crippen molar-refractivity contribution in [3.05, 3.63) is 23.5 Å². The van der Waals surface area contributed by atoms with Gasteiger partial charge in [0.1, 0.15) is 22.8 Å². The quantitative estimate of drug-likeness (QED) is 0.885. The van der Waals surface area contributed by atoms with E-state index in [0.717, 1.165) is 46.6 Å². The summed E-state index contributed by atoms with van der Waals surface area (Å²) >= 11 is 0. The molecule has 0 saturated carbocycles. The van der Waals surface area contributed by atoms with Crippen LogP contribution in [-0.4, -0.2) is 14.2 Å². The van der Waals surface area contributed by atoms with E-state index >= 15 is 0 Å². The first-order valence-corrected chi connectivity index (χ1v) is 6.11. The molecule has 0 spiro atoms. The zero-order chi connectivity index (χ0) is 13.1. The van der Waals surface area contributed by atoms with Crippen LogP contribution in [0.3, 0.4) is 0 Å². The molecule has 0 saturated heterocycles. The lowest BCUT2D eigenvalue weighted by Gasteiger charge is -2.06. The molecule has 1 aromatic carbocycles. The SMILES string of the molecule is CCCc1c(CN)oc2cc(OC)cc(OC)c12. The lowest BCUT2D eigenvalue weighted by atomic mass is 10.0. The Morgan fingerprint density at radius 1 is 1.22 bits per heavy atom. The predicted molar refractivity (Wildman–Crippen MR) is 71.2 cm³/mol. The van der Waals surface area contributed by atoms with Gasteiger partial charge in [0.15, 0.2) is 0 Å². The molecular weight excluding hydrogens is 230 g/mol. The van der Waals surface area contributed by atoms with Gasteiger partial charge in [0.25, 0.3) is 0 Å². The lowest BCUT2D eigenvalue weighted by molar-refractivity contribution is 0.397. The third-order valence-corrected chi connectivity index (χ3v) is 3.05. The van der Waals surface area contributed by atoms with Crippen molar-refractivity contribution >= 4 is 11.0 Å². The highest BCUT2D eigenvalue weighted by molar-refractivity contribution is 5.90. The number of methoxy groups -OCH3 is 2. The van der Waals surface area contributed by atoms with Crippen molar-refractivity contribution in [3.8, 4) is 11.5 Å². The molecule has 0 aliphatic heterocycles. The second-order valence-corrected chi connectivity index (χ2v) is 4.16. The molecule has 18 heavy (non-hydrogen) atoms. The third-order valence-electron chi connectivity index (χ3n) is 3.05. The standard InChI is InChI=1S/C14H19NO3/c1-4-5-10-13(8-15)18-12-7-9(16-2)6-11(17-3)14(10)12/h6-7H,4-5,8,15H2,1-3H3. The second kappa shape index (κ2) is 5.31. The van der Waals surface area contributed by atoms with E-state index in [1.165, 1.54) is 0 Å². The van der Waals surface area contributed by atoms with Gasteiger partial charge in [0.2, 0.25) is 0 Å². The van der Waals surface area contributed by atoms with E-state index in [9.17, 15) is 0 Å². The summed E-state index contributed by atoms with van der Waals surface area (Å²) in [7, 11) is 3.28. The zero-order valence-corrected chi connectivity index (χ0v) is 11.1. The Morgan fingerprint density at radius 3 is 2.56 bits per heavy atom. The van der Waals surface area contributed by atoms with E-state index in [2.05, 4.69) is 6.92 Å². The van der Waals surface area contributed by atoms with Gasteiger partial charge in [-0.2, -0.15) is 0 Å². The van der Waals surface area contributed by atoms with Gasteiger partial charge in [-0.25, -0.2) is 0 Å². The van der Waals surface area contributed by atoms with Gasteiger partial charge in [-0.1, -0.05) is 13.3 Å². The van der Waals surface area contributed by atoms with Gasteiger partial charge < -0.3 is 19.6 Å². The molecule has 0 bridgehead atoms. The van der Waals surface area contributed by atoms with Gasteiger partial charge in [0, 0.05) is 17.7 Å². The highest BCUT2D eigenvalue weighted by atomic mass is 16.5. The molecule has 0 atom stereocenters. The summed E-state index contributed by atoms with van der Waals surface area (Å²) in [5, 5.41) is 1.01. The number of aryl methyl sites for hydroxylation is 1. The molecule has 2 N–H and O–H groups in total. The summed E-state index contributed by atoms with van der Waals surface area (Å²) in [6.07, 6.45) is 1.97. The fourth-order valence-corrected chi connectivity index (χ4v) is 2.24. The first-order chi connectivity index (χ1) is 8.74. The van der Waals surface area contributed by atoms with Crippen molar-refractivity contribution in [3.63, 3.8) is 0 Å². The molecule has 0 fully saturated rings. The van der Waals surface area contributed by atoms with Crippen LogP contribution in [0.15, 0.2) is 16.5 Å². The summed E-state index contributed by atoms with van der Waals surface area (Å²) < 4.78 is 16.5. The van der Waals surface area contributed by atoms with E-state index in [1.54, 1.807) is 14.2 Å². The van der Waals surface area contributed by atoms with Crippen LogP contribution in [0.25, 0.3) is 11.0 Å². The van der Waals surface area contributed by atoms with Crippen molar-refractivity contribution in [1.29, 1.82) is 0 Å². The first-order valence-electron chi connectivity index (χ1n) is 6.11. The average molecular weight is 249 g/mol. The van der Waals surface area contributed by atoms with Gasteiger partial charge in [0.05, 0.1) is 26.2 Å². The number of benzene rings is 1. The number of fused-ring (bicyclic) bond motifs is 1. The zero-order valence-electron chi connectivity index (χ0n) is 11.1. The Balaban J connectivity index is 2.72. The van der Waals surface area contributed by atoms with E-state index < -0.39 is 0 Å². The predicted octanol–water partition coefficient (Wildman–Crippen LogP) is 2.86. The Morgan fingerprint density at radius 2 is 2.00 bits per heavy atom. The Bertz CT molecular complexity index is 545. The molecule has 4 nitrogen and oxygen atoms in total. The van der Waals surface area contributed by atoms with Crippen LogP contribution in [0.5, 0.6) is 11.5 Å². The summed E-state index contributed by atoms with van der Waals surface area (Å²) in [5.74, 6) is 2.33. The van der Waals surface area contributed by atoms with Crippen molar-refractivity contribution in [2.45, 2.75) is 26.3 Å². The summed E-state index contributed by atoms with van der Waals surface area (Å²) in [6.45, 7) is 2.53. The van der Waals surface area contributed by atoms with Crippen LogP contribution in [0.1, 0.15) is 24.7 Å². The van der Waals surface area contributed by atoms with Gasteiger partial charge in [-0.3, -0.25) is 0 Å². The van der Waals surface area contributed by atoms with E-state index in [1.807, 2.05) is 12.1 Å². The molecule has 0 unspecified atom stereocenters. The summed E-state index contributed by atoms with van der Waals surface area (Å²) in [4.78, 5) is 0. The van der Waals surface area contributed by atoms with E-state index in [-0.39, 0.29) is 0 Å². The minimum Gasteiger partial charge on any atom is -0.496 e. The number of nitrogens with two attached hydrogens (primary N) is 1. The number of hydrogen-bond acceptors (Lipinski definition) is 4. The molecule has 1 heterocycles. The highest BCUT2D eigenvalue weighted by Gasteiger charge is 2.17. The van der Waals surface area contributed by atoms with Crippen LogP contribution in [0.2, 0.25) is 0 Å². The Hall–Kier alpha value is -1.68. The Kier molecular flexibility index (Phi) is 3.77. The van der Waals surface area contributed by atoms with Crippen LogP contribution in [0.4, 0.5) is 0 Å². The molecule has 0 aliphatic carbocycles. The van der Waals surface area contributed by atoms with Gasteiger partial charge in [-0.15, -0.1) is 0 Å². The number of hydrogen-bond donors (Lipinski definition) is 1. The van der Waals surface area contributed by atoms with Crippen LogP contribution < -0.4 is 15.2 Å². The van der Waals surface area contributed by atoms with E-state index in [4.69, 9.17) is 19.6 Å². The maximum Gasteiger partial charge on any atom is 0.142 e. The third kappa shape index (κ3) is 2.04. The molecule has 0 aliphatic rings. The monoisotopic (exact) mass is 249 g/mol. The minimum atomic E-state index is 0.398. The molecule has 1 aromatic heterocycles. The molecule has 0 radical (unpaired) electrons. The lowest BCUT2D eigenvalue weighted by Crippen LogP contribution is -1.98. The van der Waals surface area contributed by atoms with Gasteiger partial charge >= 0.3 is 0 Å². The maximum atomic E-state index is 5.80. The molecule has 2 aromatic rings. The molecule has 0 amide bonds. The van der Waals surface area contributed by atoms with Crippen LogP contribution >= 0.6 is 0 Å². The maximum absolute atomic E-state index is 5.80. The molecule has 98 valence electrons. The topological polar surface area (TPSA) is 57.6 Å². The first kappa shape index (κ1) is 12.8. The number of rotatable bonds is 5. The van der Waals surface area contributed by atoms with Crippen molar-refractivity contribution in [2.24, 2.45) is 5.73 Å². The smallest absolute Gasteiger partial charge is 0.142 e. The summed E-state index contributed by atoms with van der Waals surface area (Å²) in [5.41, 5.74) is 7.66. The minimum absolute atomic E-state index is 0.398. The number of ether oxygens (including phenoxy) is 2. The van der Waals surface area contributed by atoms with Crippen LogP contribution in [0, 0.1) is 0 Å². The van der Waals surface area contributed by atoms with Crippen molar-refractivity contribution < 1.29 is 13.9 Å². The van der Waals surface area contributed by atoms with E-state index in [0.29, 0.717) is 6.54 Å². The largest absolute Gasteiger partial charge is 0.496 e. The van der Waals surface area contributed by atoms with Crippen molar-refractivity contribution in [1.82, 2.24) is 0 Å². The molecule has 2 rings (SSSR count). The Labute approximate surface area is 107 Å². The highest BCUT2D eigenvalue weighted by Crippen LogP contribution is 2.37. The molecular formula is C14H19NO3. The summed E-state index contributed by atoms with van der Waals surface area (Å²) in [6, 6.07) is 3.74. The van der Waals surface area contributed by atoms with Crippen molar-refractivity contribution in [2.75, 3.05) is 14.2 Å². The van der Waals surface area contributed by atoms with Crippen LogP contribution in [-0.2, 0) is 13.0 Å².